The number of carbonyl (C=O) groups excluding carboxylic acids is 1. The number of carboxylic acids is 1. The van der Waals surface area contributed by atoms with Crippen LogP contribution in [0.15, 0.2) is 43.0 Å². The smallest absolute Gasteiger partial charge is 0.326 e. The third-order valence-electron chi connectivity index (χ3n) is 2.25. The minimum atomic E-state index is -1.04. The highest BCUT2D eigenvalue weighted by atomic mass is 16.4. The molecule has 0 aliphatic carbocycles. The molecule has 0 bridgehead atoms. The van der Waals surface area contributed by atoms with Crippen LogP contribution in [0.25, 0.3) is 0 Å². The van der Waals surface area contributed by atoms with E-state index in [0.717, 1.165) is 5.56 Å². The highest BCUT2D eigenvalue weighted by Gasteiger charge is 2.19. The summed E-state index contributed by atoms with van der Waals surface area (Å²) in [6, 6.07) is 8.28. The van der Waals surface area contributed by atoms with Gasteiger partial charge in [-0.1, -0.05) is 36.4 Å². The van der Waals surface area contributed by atoms with Crippen molar-refractivity contribution in [2.75, 3.05) is 0 Å². The SMILES string of the molecule is C=CCC(=O)N[C@H](Cc1ccccc1)C(=O)O. The molecule has 1 aromatic rings. The zero-order valence-corrected chi connectivity index (χ0v) is 9.43. The number of hydrogen-bond donors (Lipinski definition) is 2. The number of aliphatic carboxylic acids is 1. The van der Waals surface area contributed by atoms with Gasteiger partial charge in [-0.25, -0.2) is 4.79 Å². The van der Waals surface area contributed by atoms with Crippen LogP contribution >= 0.6 is 0 Å². The molecule has 0 heterocycles. The summed E-state index contributed by atoms with van der Waals surface area (Å²) in [4.78, 5) is 22.3. The van der Waals surface area contributed by atoms with Crippen LogP contribution < -0.4 is 5.32 Å². The molecule has 0 unspecified atom stereocenters. The summed E-state index contributed by atoms with van der Waals surface area (Å²) >= 11 is 0. The van der Waals surface area contributed by atoms with Crippen molar-refractivity contribution >= 4 is 11.9 Å². The molecule has 2 N–H and O–H groups in total. The first kappa shape index (κ1) is 13.0. The van der Waals surface area contributed by atoms with E-state index < -0.39 is 12.0 Å². The van der Waals surface area contributed by atoms with Gasteiger partial charge < -0.3 is 10.4 Å². The van der Waals surface area contributed by atoms with Crippen LogP contribution in [0, 0.1) is 0 Å². The molecule has 0 aromatic heterocycles. The maximum Gasteiger partial charge on any atom is 0.326 e. The van der Waals surface area contributed by atoms with Gasteiger partial charge >= 0.3 is 5.97 Å². The van der Waals surface area contributed by atoms with E-state index in [2.05, 4.69) is 11.9 Å². The molecule has 0 aliphatic rings. The van der Waals surface area contributed by atoms with Crippen molar-refractivity contribution in [3.05, 3.63) is 48.6 Å². The largest absolute Gasteiger partial charge is 0.480 e. The zero-order chi connectivity index (χ0) is 12.7. The topological polar surface area (TPSA) is 66.4 Å². The molecule has 1 amide bonds. The number of nitrogens with one attached hydrogen (secondary N) is 1. The summed E-state index contributed by atoms with van der Waals surface area (Å²) in [6.45, 7) is 3.43. The van der Waals surface area contributed by atoms with Gasteiger partial charge in [0.2, 0.25) is 5.91 Å². The molecule has 0 fully saturated rings. The summed E-state index contributed by atoms with van der Waals surface area (Å²) in [7, 11) is 0. The molecule has 0 saturated heterocycles. The normalized spacial score (nSPS) is 11.5. The Balaban J connectivity index is 2.64. The molecule has 0 spiro atoms. The first-order valence-electron chi connectivity index (χ1n) is 5.30. The fraction of sp³-hybridized carbons (Fsp3) is 0.231. The lowest BCUT2D eigenvalue weighted by molar-refractivity contribution is -0.141. The highest BCUT2D eigenvalue weighted by molar-refractivity contribution is 5.84. The average Bonchev–Trinajstić information content (AvgIpc) is 2.29. The van der Waals surface area contributed by atoms with E-state index in [1.165, 1.54) is 6.08 Å². The second kappa shape index (κ2) is 6.48. The molecule has 1 aromatic carbocycles. The van der Waals surface area contributed by atoms with Crippen molar-refractivity contribution in [1.82, 2.24) is 5.32 Å². The third kappa shape index (κ3) is 4.51. The lowest BCUT2D eigenvalue weighted by atomic mass is 10.1. The molecule has 1 atom stereocenters. The summed E-state index contributed by atoms with van der Waals surface area (Å²) in [6.07, 6.45) is 1.84. The Kier molecular flexibility index (Phi) is 4.94. The van der Waals surface area contributed by atoms with Gasteiger partial charge in [-0.3, -0.25) is 4.79 Å². The minimum absolute atomic E-state index is 0.124. The van der Waals surface area contributed by atoms with Gasteiger partial charge in [0.25, 0.3) is 0 Å². The van der Waals surface area contributed by atoms with Crippen molar-refractivity contribution < 1.29 is 14.7 Å². The first-order chi connectivity index (χ1) is 8.13. The molecule has 17 heavy (non-hydrogen) atoms. The zero-order valence-electron chi connectivity index (χ0n) is 9.43. The van der Waals surface area contributed by atoms with Crippen LogP contribution in [0.5, 0.6) is 0 Å². The van der Waals surface area contributed by atoms with Gasteiger partial charge in [0, 0.05) is 12.8 Å². The Morgan fingerprint density at radius 3 is 2.53 bits per heavy atom. The molecule has 0 aliphatic heterocycles. The van der Waals surface area contributed by atoms with Crippen molar-refractivity contribution in [2.45, 2.75) is 18.9 Å². The average molecular weight is 233 g/mol. The fourth-order valence-electron chi connectivity index (χ4n) is 1.43. The molecule has 4 nitrogen and oxygen atoms in total. The van der Waals surface area contributed by atoms with Crippen LogP contribution in [0.1, 0.15) is 12.0 Å². The highest BCUT2D eigenvalue weighted by Crippen LogP contribution is 2.03. The van der Waals surface area contributed by atoms with Crippen LogP contribution in [0.3, 0.4) is 0 Å². The molecule has 0 saturated carbocycles. The quantitative estimate of drug-likeness (QED) is 0.729. The van der Waals surface area contributed by atoms with E-state index >= 15 is 0 Å². The summed E-state index contributed by atoms with van der Waals surface area (Å²) in [5.41, 5.74) is 0.874. The Morgan fingerprint density at radius 1 is 1.35 bits per heavy atom. The van der Waals surface area contributed by atoms with Gasteiger partial charge in [0.1, 0.15) is 6.04 Å². The molecular formula is C13H15NO3. The van der Waals surface area contributed by atoms with Crippen molar-refractivity contribution in [3.63, 3.8) is 0 Å². The van der Waals surface area contributed by atoms with Crippen LogP contribution in [0.4, 0.5) is 0 Å². The number of hydrogen-bond acceptors (Lipinski definition) is 2. The van der Waals surface area contributed by atoms with E-state index in [0.29, 0.717) is 0 Å². The summed E-state index contributed by atoms with van der Waals surface area (Å²) < 4.78 is 0. The predicted molar refractivity (Wildman–Crippen MR) is 64.5 cm³/mol. The maximum atomic E-state index is 11.3. The fourth-order valence-corrected chi connectivity index (χ4v) is 1.43. The number of carbonyl (C=O) groups is 2. The number of carboxylic acid groups (broad SMARTS) is 1. The van der Waals surface area contributed by atoms with E-state index in [4.69, 9.17) is 5.11 Å². The van der Waals surface area contributed by atoms with E-state index in [1.54, 1.807) is 0 Å². The summed E-state index contributed by atoms with van der Waals surface area (Å²) in [5.74, 6) is -1.37. The number of rotatable bonds is 6. The van der Waals surface area contributed by atoms with Crippen LogP contribution in [0.2, 0.25) is 0 Å². The van der Waals surface area contributed by atoms with E-state index in [9.17, 15) is 9.59 Å². The van der Waals surface area contributed by atoms with E-state index in [-0.39, 0.29) is 18.7 Å². The lowest BCUT2D eigenvalue weighted by Gasteiger charge is -2.13. The van der Waals surface area contributed by atoms with Gasteiger partial charge in [0.15, 0.2) is 0 Å². The van der Waals surface area contributed by atoms with Gasteiger partial charge in [-0.15, -0.1) is 6.58 Å². The molecular weight excluding hydrogens is 218 g/mol. The van der Waals surface area contributed by atoms with Crippen molar-refractivity contribution in [3.8, 4) is 0 Å². The monoisotopic (exact) mass is 233 g/mol. The minimum Gasteiger partial charge on any atom is -0.480 e. The van der Waals surface area contributed by atoms with Crippen molar-refractivity contribution in [2.24, 2.45) is 0 Å². The van der Waals surface area contributed by atoms with Gasteiger partial charge in [-0.05, 0) is 5.56 Å². The maximum absolute atomic E-state index is 11.3. The number of amides is 1. The molecule has 90 valence electrons. The Labute approximate surface area is 100.0 Å². The van der Waals surface area contributed by atoms with Crippen molar-refractivity contribution in [1.29, 1.82) is 0 Å². The first-order valence-corrected chi connectivity index (χ1v) is 5.30. The second-order valence-electron chi connectivity index (χ2n) is 3.64. The third-order valence-corrected chi connectivity index (χ3v) is 2.25. The lowest BCUT2D eigenvalue weighted by Crippen LogP contribution is -2.42. The Morgan fingerprint density at radius 2 is 2.00 bits per heavy atom. The Hall–Kier alpha value is -2.10. The standard InChI is InChI=1S/C13H15NO3/c1-2-6-12(15)14-11(13(16)17)9-10-7-4-3-5-8-10/h2-5,7-8,11H,1,6,9H2,(H,14,15)(H,16,17)/t11-/m1/s1. The van der Waals surface area contributed by atoms with Gasteiger partial charge in [0.05, 0.1) is 0 Å². The molecule has 0 radical (unpaired) electrons. The Bertz CT molecular complexity index is 400. The van der Waals surface area contributed by atoms with Crippen LogP contribution in [-0.2, 0) is 16.0 Å². The van der Waals surface area contributed by atoms with Crippen LogP contribution in [-0.4, -0.2) is 23.0 Å². The second-order valence-corrected chi connectivity index (χ2v) is 3.64. The summed E-state index contributed by atoms with van der Waals surface area (Å²) in [5, 5.41) is 11.5. The number of benzene rings is 1. The predicted octanol–water partition coefficient (Wildman–Crippen LogP) is 1.37. The molecule has 4 heteroatoms. The molecule has 1 rings (SSSR count). The van der Waals surface area contributed by atoms with Gasteiger partial charge in [-0.2, -0.15) is 0 Å². The van der Waals surface area contributed by atoms with E-state index in [1.807, 2.05) is 30.3 Å².